The monoisotopic (exact) mass is 406 g/mol. The molecule has 1 aliphatic heterocycles. The van der Waals surface area contributed by atoms with Crippen LogP contribution in [0.4, 0.5) is 0 Å². The summed E-state index contributed by atoms with van der Waals surface area (Å²) < 4.78 is 13.8. The van der Waals surface area contributed by atoms with Gasteiger partial charge in [-0.05, 0) is 69.4 Å². The van der Waals surface area contributed by atoms with Crippen LogP contribution in [-0.2, 0) is 9.98 Å². The molecular weight excluding hydrogens is 383 g/mol. The summed E-state index contributed by atoms with van der Waals surface area (Å²) in [5, 5.41) is 2.01. The minimum atomic E-state index is -2.57. The standard InChI is InChI=1S/C28H23OP/c1-28(2)24-15-19(18-9-5-4-6-10-18)13-14-20(24)22-17-27-23(16-25(22)28)21-11-7-8-12-26(21)30(27,3)29/h4-17H,1-3H3. The maximum Gasteiger partial charge on any atom is 0.141 e. The van der Waals surface area contributed by atoms with Gasteiger partial charge in [-0.1, -0.05) is 80.6 Å². The van der Waals surface area contributed by atoms with E-state index >= 15 is 0 Å². The largest absolute Gasteiger partial charge is 0.314 e. The first kappa shape index (κ1) is 17.9. The SMILES string of the molecule is CC1(C)c2cc(-c3ccccc3)ccc2-c2cc3c(cc21)-c1ccccc1P3(C)=O. The minimum Gasteiger partial charge on any atom is -0.314 e. The number of hydrogen-bond acceptors (Lipinski definition) is 1. The Morgan fingerprint density at radius 1 is 0.600 bits per heavy atom. The van der Waals surface area contributed by atoms with Crippen molar-refractivity contribution in [3.05, 3.63) is 96.1 Å². The van der Waals surface area contributed by atoms with Crippen molar-refractivity contribution in [1.82, 2.24) is 0 Å². The fourth-order valence-corrected chi connectivity index (χ4v) is 7.66. The molecule has 4 aromatic rings. The van der Waals surface area contributed by atoms with Crippen molar-refractivity contribution in [2.24, 2.45) is 0 Å². The minimum absolute atomic E-state index is 0.0975. The quantitative estimate of drug-likeness (QED) is 0.326. The van der Waals surface area contributed by atoms with Gasteiger partial charge in [0.15, 0.2) is 0 Å². The van der Waals surface area contributed by atoms with E-state index < -0.39 is 7.14 Å². The average molecular weight is 406 g/mol. The van der Waals surface area contributed by atoms with Gasteiger partial charge in [0.1, 0.15) is 7.14 Å². The van der Waals surface area contributed by atoms with E-state index in [9.17, 15) is 4.57 Å². The van der Waals surface area contributed by atoms with Crippen LogP contribution >= 0.6 is 7.14 Å². The van der Waals surface area contributed by atoms with Gasteiger partial charge in [0.05, 0.1) is 0 Å². The van der Waals surface area contributed by atoms with Crippen LogP contribution in [0.25, 0.3) is 33.4 Å². The van der Waals surface area contributed by atoms with Crippen LogP contribution in [0, 0.1) is 0 Å². The Hall–Kier alpha value is -2.89. The van der Waals surface area contributed by atoms with E-state index in [-0.39, 0.29) is 5.41 Å². The number of benzene rings is 4. The smallest absolute Gasteiger partial charge is 0.141 e. The lowest BCUT2D eigenvalue weighted by Crippen LogP contribution is -2.16. The molecule has 0 bridgehead atoms. The zero-order valence-electron chi connectivity index (χ0n) is 17.4. The van der Waals surface area contributed by atoms with Gasteiger partial charge >= 0.3 is 0 Å². The Kier molecular flexibility index (Phi) is 3.49. The average Bonchev–Trinajstić information content (AvgIpc) is 3.13. The Bertz CT molecular complexity index is 1400. The third kappa shape index (κ3) is 2.22. The van der Waals surface area contributed by atoms with E-state index in [1.54, 1.807) is 0 Å². The number of rotatable bonds is 1. The topological polar surface area (TPSA) is 17.1 Å². The summed E-state index contributed by atoms with van der Waals surface area (Å²) in [7, 11) is -2.57. The Morgan fingerprint density at radius 3 is 2.10 bits per heavy atom. The molecule has 30 heavy (non-hydrogen) atoms. The van der Waals surface area contributed by atoms with E-state index in [4.69, 9.17) is 0 Å². The predicted octanol–water partition coefficient (Wildman–Crippen LogP) is 6.58. The molecule has 0 radical (unpaired) electrons. The van der Waals surface area contributed by atoms with E-state index in [2.05, 4.69) is 80.6 Å². The summed E-state index contributed by atoms with van der Waals surface area (Å²) in [6.45, 7) is 6.54. The molecule has 146 valence electrons. The molecule has 1 nitrogen and oxygen atoms in total. The van der Waals surface area contributed by atoms with Crippen LogP contribution in [0.15, 0.2) is 84.9 Å². The molecule has 6 rings (SSSR count). The van der Waals surface area contributed by atoms with Crippen molar-refractivity contribution in [1.29, 1.82) is 0 Å². The fourth-order valence-electron chi connectivity index (χ4n) is 5.35. The first-order chi connectivity index (χ1) is 14.4. The van der Waals surface area contributed by atoms with Gasteiger partial charge in [0.2, 0.25) is 0 Å². The van der Waals surface area contributed by atoms with Crippen LogP contribution in [0.1, 0.15) is 25.0 Å². The summed E-state index contributed by atoms with van der Waals surface area (Å²) in [4.78, 5) is 0. The fraction of sp³-hybridized carbons (Fsp3) is 0.143. The lowest BCUT2D eigenvalue weighted by atomic mass is 9.81. The molecule has 0 fully saturated rings. The van der Waals surface area contributed by atoms with Gasteiger partial charge in [-0.25, -0.2) is 0 Å². The summed E-state index contributed by atoms with van der Waals surface area (Å²) in [5.74, 6) is 0. The maximum atomic E-state index is 13.8. The number of fused-ring (bicyclic) bond motifs is 6. The summed E-state index contributed by atoms with van der Waals surface area (Å²) in [6, 6.07) is 30.1. The zero-order valence-corrected chi connectivity index (χ0v) is 18.3. The Morgan fingerprint density at radius 2 is 1.30 bits per heavy atom. The van der Waals surface area contributed by atoms with Crippen molar-refractivity contribution in [3.63, 3.8) is 0 Å². The van der Waals surface area contributed by atoms with Crippen LogP contribution in [-0.4, -0.2) is 6.66 Å². The van der Waals surface area contributed by atoms with Crippen molar-refractivity contribution >= 4 is 17.8 Å². The molecule has 1 aliphatic carbocycles. The van der Waals surface area contributed by atoms with E-state index in [0.29, 0.717) is 0 Å². The molecule has 4 aromatic carbocycles. The van der Waals surface area contributed by atoms with Gasteiger partial charge in [-0.3, -0.25) is 0 Å². The molecule has 0 spiro atoms. The van der Waals surface area contributed by atoms with Crippen LogP contribution in [0.2, 0.25) is 0 Å². The van der Waals surface area contributed by atoms with Gasteiger partial charge < -0.3 is 4.57 Å². The maximum absolute atomic E-state index is 13.8. The molecule has 0 aromatic heterocycles. The van der Waals surface area contributed by atoms with Crippen molar-refractivity contribution < 1.29 is 4.57 Å². The highest BCUT2D eigenvalue weighted by molar-refractivity contribution is 7.79. The highest BCUT2D eigenvalue weighted by Crippen LogP contribution is 2.55. The molecule has 2 heteroatoms. The molecule has 1 unspecified atom stereocenters. The molecule has 2 aliphatic rings. The molecule has 1 heterocycles. The van der Waals surface area contributed by atoms with Gasteiger partial charge in [0.25, 0.3) is 0 Å². The summed E-state index contributed by atoms with van der Waals surface area (Å²) >= 11 is 0. The van der Waals surface area contributed by atoms with E-state index in [0.717, 1.165) is 21.7 Å². The van der Waals surface area contributed by atoms with E-state index in [1.165, 1.54) is 33.4 Å². The van der Waals surface area contributed by atoms with Crippen molar-refractivity contribution in [2.45, 2.75) is 19.3 Å². The molecule has 0 N–H and O–H groups in total. The molecule has 0 saturated heterocycles. The lowest BCUT2D eigenvalue weighted by molar-refractivity contribution is 0.591. The first-order valence-electron chi connectivity index (χ1n) is 10.5. The van der Waals surface area contributed by atoms with Gasteiger partial charge in [-0.2, -0.15) is 0 Å². The third-order valence-electron chi connectivity index (χ3n) is 7.01. The summed E-state index contributed by atoms with van der Waals surface area (Å²) in [6.07, 6.45) is 0. The van der Waals surface area contributed by atoms with Crippen molar-refractivity contribution in [2.75, 3.05) is 6.66 Å². The number of hydrogen-bond donors (Lipinski definition) is 0. The van der Waals surface area contributed by atoms with Crippen molar-refractivity contribution in [3.8, 4) is 33.4 Å². The molecule has 0 saturated carbocycles. The zero-order chi connectivity index (χ0) is 20.7. The normalized spacial score (nSPS) is 19.7. The lowest BCUT2D eigenvalue weighted by Gasteiger charge is -2.23. The Balaban J connectivity index is 1.60. The van der Waals surface area contributed by atoms with Crippen LogP contribution < -0.4 is 10.6 Å². The summed E-state index contributed by atoms with van der Waals surface area (Å²) in [5.41, 5.74) is 9.87. The second kappa shape index (κ2) is 5.84. The molecule has 1 atom stereocenters. The highest BCUT2D eigenvalue weighted by Gasteiger charge is 2.41. The van der Waals surface area contributed by atoms with E-state index in [1.807, 2.05) is 24.9 Å². The second-order valence-corrected chi connectivity index (χ2v) is 11.9. The Labute approximate surface area is 177 Å². The van der Waals surface area contributed by atoms with Crippen LogP contribution in [0.3, 0.4) is 0 Å². The predicted molar refractivity (Wildman–Crippen MR) is 128 cm³/mol. The van der Waals surface area contributed by atoms with Gasteiger partial charge in [-0.15, -0.1) is 0 Å². The van der Waals surface area contributed by atoms with Crippen LogP contribution in [0.5, 0.6) is 0 Å². The highest BCUT2D eigenvalue weighted by atomic mass is 31.2. The van der Waals surface area contributed by atoms with Gasteiger partial charge in [0, 0.05) is 16.0 Å². The molecular formula is C28H23OP. The first-order valence-corrected chi connectivity index (χ1v) is 12.6. The third-order valence-corrected chi connectivity index (χ3v) is 9.61. The molecule has 0 amide bonds. The second-order valence-electron chi connectivity index (χ2n) is 9.11.